The van der Waals surface area contributed by atoms with Gasteiger partial charge in [-0.25, -0.2) is 14.8 Å². The van der Waals surface area contributed by atoms with Crippen molar-refractivity contribution < 1.29 is 24.9 Å². The van der Waals surface area contributed by atoms with Gasteiger partial charge in [0.05, 0.1) is 85.0 Å². The van der Waals surface area contributed by atoms with Gasteiger partial charge >= 0.3 is 5.97 Å². The fraction of sp³-hybridized carbons (Fsp3) is 0.245. The molecule has 0 aliphatic carbocycles. The summed E-state index contributed by atoms with van der Waals surface area (Å²) in [5.41, 5.74) is 18.5. The number of aliphatic carboxylic acids is 1. The van der Waals surface area contributed by atoms with Crippen LogP contribution in [0.2, 0.25) is 39.3 Å². The average molecular weight is 859 g/mol. The largest absolute Gasteiger partial charge is 0.479 e. The highest BCUT2D eigenvalue weighted by atomic mass is 28.3. The number of aliphatic hydroxyl groups is 2. The maximum atomic E-state index is 11.6. The summed E-state index contributed by atoms with van der Waals surface area (Å²) < 4.78 is 9.51. The van der Waals surface area contributed by atoms with Crippen molar-refractivity contribution in [2.75, 3.05) is 13.2 Å². The highest BCUT2D eigenvalue weighted by molar-refractivity contribution is 6.84. The SMILES string of the molecule is C[Si](C)(C)C#Cc1ccc2c(c1)C(c1ccccc1)=NCc1c(C(OCCO)C(O)C(=O)O)ncn1-2.C[Si](C)(C)C#Cc1ccc2c(c1)C(c1ccccc1)=NCc1cncn1-2. The van der Waals surface area contributed by atoms with Gasteiger partial charge in [-0.15, -0.1) is 11.1 Å². The van der Waals surface area contributed by atoms with E-state index in [2.05, 4.69) is 119 Å². The molecule has 0 radical (unpaired) electrons. The van der Waals surface area contributed by atoms with Crippen molar-refractivity contribution >= 4 is 33.5 Å². The quantitative estimate of drug-likeness (QED) is 0.107. The Morgan fingerprint density at radius 1 is 0.742 bits per heavy atom. The molecule has 0 saturated carbocycles. The number of nitrogens with zero attached hydrogens (tertiary/aromatic N) is 6. The first-order valence-electron chi connectivity index (χ1n) is 20.5. The molecule has 8 rings (SSSR count). The number of fused-ring (bicyclic) bond motifs is 6. The third-order valence-corrected chi connectivity index (χ3v) is 11.6. The number of ether oxygens (including phenoxy) is 1. The van der Waals surface area contributed by atoms with E-state index in [-0.39, 0.29) is 25.5 Å². The number of aliphatic hydroxyl groups excluding tert-OH is 2. The van der Waals surface area contributed by atoms with Crippen LogP contribution in [0.1, 0.15) is 56.6 Å². The lowest BCUT2D eigenvalue weighted by Crippen LogP contribution is -2.31. The molecule has 0 spiro atoms. The third kappa shape index (κ3) is 10.2. The topological polar surface area (TPSA) is 147 Å². The van der Waals surface area contributed by atoms with Crippen molar-refractivity contribution in [2.45, 2.75) is 64.6 Å². The number of aliphatic imine (C=N–C) groups is 2. The van der Waals surface area contributed by atoms with Crippen LogP contribution in [0, 0.1) is 22.9 Å². The van der Waals surface area contributed by atoms with Gasteiger partial charge in [0, 0.05) is 33.4 Å². The molecule has 2 aliphatic heterocycles. The van der Waals surface area contributed by atoms with E-state index >= 15 is 0 Å². The molecule has 2 aliphatic rings. The molecule has 2 unspecified atom stereocenters. The Balaban J connectivity index is 0.000000196. The maximum Gasteiger partial charge on any atom is 0.335 e. The van der Waals surface area contributed by atoms with Gasteiger partial charge in [0.25, 0.3) is 0 Å². The highest BCUT2D eigenvalue weighted by Crippen LogP contribution is 2.32. The van der Waals surface area contributed by atoms with Crippen LogP contribution >= 0.6 is 0 Å². The van der Waals surface area contributed by atoms with Crippen LogP contribution in [-0.2, 0) is 22.6 Å². The van der Waals surface area contributed by atoms with Crippen LogP contribution in [0.5, 0.6) is 0 Å². The number of hydrogen-bond donors (Lipinski definition) is 3. The van der Waals surface area contributed by atoms with Gasteiger partial charge in [-0.3, -0.25) is 9.98 Å². The van der Waals surface area contributed by atoms with E-state index in [1.165, 1.54) is 0 Å². The Morgan fingerprint density at radius 2 is 1.27 bits per heavy atom. The van der Waals surface area contributed by atoms with Gasteiger partial charge in [0.15, 0.2) is 6.10 Å². The van der Waals surface area contributed by atoms with Crippen molar-refractivity contribution in [3.8, 4) is 34.3 Å². The number of rotatable bonds is 8. The number of benzene rings is 4. The molecular formula is C49H50N6O5Si2. The van der Waals surface area contributed by atoms with E-state index in [0.29, 0.717) is 12.2 Å². The second-order valence-electron chi connectivity index (χ2n) is 17.0. The summed E-state index contributed by atoms with van der Waals surface area (Å²) in [7, 11) is -2.99. The Hall–Kier alpha value is -6.46. The lowest BCUT2D eigenvalue weighted by atomic mass is 9.98. The Morgan fingerprint density at radius 3 is 1.79 bits per heavy atom. The Bertz CT molecular complexity index is 2780. The number of carboxylic acid groups (broad SMARTS) is 1. The van der Waals surface area contributed by atoms with Crippen LogP contribution in [0.25, 0.3) is 11.4 Å². The first kappa shape index (κ1) is 43.6. The van der Waals surface area contributed by atoms with Crippen molar-refractivity contribution in [1.29, 1.82) is 0 Å². The number of imidazole rings is 2. The van der Waals surface area contributed by atoms with Crippen LogP contribution in [0.15, 0.2) is 126 Å². The van der Waals surface area contributed by atoms with E-state index in [4.69, 9.17) is 14.7 Å². The molecule has 0 amide bonds. The highest BCUT2D eigenvalue weighted by Gasteiger charge is 2.34. The van der Waals surface area contributed by atoms with E-state index in [0.717, 1.165) is 61.9 Å². The van der Waals surface area contributed by atoms with Crippen molar-refractivity contribution in [3.63, 3.8) is 0 Å². The van der Waals surface area contributed by atoms with Gasteiger partial charge < -0.3 is 29.2 Å². The number of aromatic nitrogens is 4. The van der Waals surface area contributed by atoms with Crippen LogP contribution < -0.4 is 0 Å². The zero-order chi connectivity index (χ0) is 44.0. The minimum absolute atomic E-state index is 0.143. The first-order valence-corrected chi connectivity index (χ1v) is 27.5. The molecule has 314 valence electrons. The molecule has 62 heavy (non-hydrogen) atoms. The molecule has 11 nitrogen and oxygen atoms in total. The molecule has 0 bridgehead atoms. The number of carbonyl (C=O) groups is 1. The van der Waals surface area contributed by atoms with Crippen LogP contribution in [-0.4, -0.2) is 87.3 Å². The molecule has 2 aromatic heterocycles. The minimum atomic E-state index is -1.85. The van der Waals surface area contributed by atoms with E-state index in [1.807, 2.05) is 71.7 Å². The van der Waals surface area contributed by atoms with Crippen LogP contribution in [0.4, 0.5) is 0 Å². The summed E-state index contributed by atoms with van der Waals surface area (Å²) in [6, 6.07) is 32.5. The smallest absolute Gasteiger partial charge is 0.335 e. The first-order chi connectivity index (χ1) is 29.7. The summed E-state index contributed by atoms with van der Waals surface area (Å²) in [4.78, 5) is 30.1. The normalized spacial score (nSPS) is 13.8. The molecule has 0 saturated heterocycles. The lowest BCUT2D eigenvalue weighted by molar-refractivity contribution is -0.157. The zero-order valence-electron chi connectivity index (χ0n) is 35.8. The van der Waals surface area contributed by atoms with Crippen molar-refractivity contribution in [2.24, 2.45) is 9.98 Å². The third-order valence-electron chi connectivity index (χ3n) is 9.88. The summed E-state index contributed by atoms with van der Waals surface area (Å²) >= 11 is 0. The summed E-state index contributed by atoms with van der Waals surface area (Å²) in [5.74, 6) is 5.25. The second kappa shape index (κ2) is 18.7. The minimum Gasteiger partial charge on any atom is -0.479 e. The second-order valence-corrected chi connectivity index (χ2v) is 26.5. The fourth-order valence-electron chi connectivity index (χ4n) is 6.99. The number of carboxylic acids is 1. The molecule has 13 heteroatoms. The predicted molar refractivity (Wildman–Crippen MR) is 249 cm³/mol. The molecule has 4 heterocycles. The maximum absolute atomic E-state index is 11.6. The van der Waals surface area contributed by atoms with E-state index in [1.54, 1.807) is 6.33 Å². The van der Waals surface area contributed by atoms with E-state index in [9.17, 15) is 20.1 Å². The van der Waals surface area contributed by atoms with Gasteiger partial charge in [-0.2, -0.15) is 0 Å². The summed E-state index contributed by atoms with van der Waals surface area (Å²) in [6.07, 6.45) is 2.23. The van der Waals surface area contributed by atoms with Gasteiger partial charge in [-0.1, -0.05) is 112 Å². The van der Waals surface area contributed by atoms with E-state index < -0.39 is 34.3 Å². The summed E-state index contributed by atoms with van der Waals surface area (Å²) in [5, 5.41) is 29.0. The standard InChI is InChI=1S/C27H29N3O5Si.C22H21N3Si/c1-36(2,3)14-11-18-9-10-21-20(15-18)23(19-7-5-4-6-8-19)28-16-22-24(29-17-30(21)22)26(35-13-12-31)25(32)27(33)34;1-26(2,3)12-11-17-9-10-21-20(13-17)22(18-7-5-4-6-8-18)24-15-19-14-23-16-25(19)21/h4-10,15,17,25-26,31-32H,12-13,16H2,1-3H3,(H,33,34);4-10,13-14,16H,15H2,1-3H3. The molecule has 6 aromatic rings. The number of hydrogen-bond acceptors (Lipinski definition) is 8. The van der Waals surface area contributed by atoms with Gasteiger partial charge in [0.1, 0.15) is 22.3 Å². The zero-order valence-corrected chi connectivity index (χ0v) is 37.8. The lowest BCUT2D eigenvalue weighted by Gasteiger charge is -2.20. The Labute approximate surface area is 364 Å². The van der Waals surface area contributed by atoms with Crippen molar-refractivity contribution in [3.05, 3.63) is 166 Å². The van der Waals surface area contributed by atoms with Gasteiger partial charge in [-0.05, 0) is 36.4 Å². The van der Waals surface area contributed by atoms with Gasteiger partial charge in [0.2, 0.25) is 0 Å². The average Bonchev–Trinajstić information content (AvgIpc) is 3.82. The monoisotopic (exact) mass is 858 g/mol. The molecule has 3 N–H and O–H groups in total. The molecule has 0 fully saturated rings. The molecule has 2 atom stereocenters. The van der Waals surface area contributed by atoms with Crippen molar-refractivity contribution in [1.82, 2.24) is 19.1 Å². The predicted octanol–water partition coefficient (Wildman–Crippen LogP) is 7.40. The van der Waals surface area contributed by atoms with Crippen LogP contribution in [0.3, 0.4) is 0 Å². The fourth-order valence-corrected chi connectivity index (χ4v) is 8.03. The molecule has 4 aromatic carbocycles. The summed E-state index contributed by atoms with van der Waals surface area (Å²) in [6.45, 7) is 13.7. The molecular weight excluding hydrogens is 809 g/mol. The Kier molecular flexibility index (Phi) is 13.1.